The molecule has 2 amide bonds. The molecule has 0 saturated heterocycles. The van der Waals surface area contributed by atoms with Gasteiger partial charge in [-0.1, -0.05) is 53.7 Å². The Labute approximate surface area is 145 Å². The first-order valence-electron chi connectivity index (χ1n) is 8.30. The van der Waals surface area contributed by atoms with Gasteiger partial charge >= 0.3 is 0 Å². The summed E-state index contributed by atoms with van der Waals surface area (Å²) < 4.78 is 5.52. The second kappa shape index (κ2) is 7.69. The van der Waals surface area contributed by atoms with Gasteiger partial charge in [-0.25, -0.2) is 0 Å². The first kappa shape index (κ1) is 20.0. The van der Waals surface area contributed by atoms with E-state index in [9.17, 15) is 9.59 Å². The number of ether oxygens (including phenoxy) is 1. The van der Waals surface area contributed by atoms with E-state index in [1.165, 1.54) is 0 Å². The van der Waals surface area contributed by atoms with Crippen molar-refractivity contribution in [3.8, 4) is 5.75 Å². The van der Waals surface area contributed by atoms with Crippen molar-refractivity contribution in [1.29, 1.82) is 0 Å². The highest BCUT2D eigenvalue weighted by Crippen LogP contribution is 2.22. The van der Waals surface area contributed by atoms with Crippen LogP contribution < -0.4 is 15.4 Å². The molecule has 1 aromatic rings. The van der Waals surface area contributed by atoms with E-state index in [-0.39, 0.29) is 11.8 Å². The molecule has 0 heterocycles. The number of benzene rings is 1. The predicted octanol–water partition coefficient (Wildman–Crippen LogP) is 3.41. The summed E-state index contributed by atoms with van der Waals surface area (Å²) in [5.74, 6) is 0.432. The first-order chi connectivity index (χ1) is 10.9. The summed E-state index contributed by atoms with van der Waals surface area (Å²) in [6.07, 6.45) is -0.608. The van der Waals surface area contributed by atoms with E-state index in [0.717, 1.165) is 5.56 Å². The number of carbonyl (C=O) groups is 2. The smallest absolute Gasteiger partial charge is 0.227 e. The zero-order valence-electron chi connectivity index (χ0n) is 15.8. The molecular formula is C19H30N2O3. The van der Waals surface area contributed by atoms with Gasteiger partial charge in [0.05, 0.1) is 6.61 Å². The molecule has 0 spiro atoms. The molecule has 0 saturated carbocycles. The molecule has 1 rings (SSSR count). The summed E-state index contributed by atoms with van der Waals surface area (Å²) in [6.45, 7) is 13.5. The van der Waals surface area contributed by atoms with Crippen molar-refractivity contribution in [1.82, 2.24) is 10.6 Å². The van der Waals surface area contributed by atoms with Crippen LogP contribution >= 0.6 is 0 Å². The number of amides is 2. The number of hydrogen-bond donors (Lipinski definition) is 2. The Morgan fingerprint density at radius 3 is 1.92 bits per heavy atom. The molecule has 1 aromatic carbocycles. The van der Waals surface area contributed by atoms with E-state index in [2.05, 4.69) is 10.6 Å². The average Bonchev–Trinajstić information content (AvgIpc) is 2.45. The molecule has 0 atom stereocenters. The van der Waals surface area contributed by atoms with Crippen LogP contribution in [0.1, 0.15) is 60.2 Å². The lowest BCUT2D eigenvalue weighted by Crippen LogP contribution is -2.47. The highest BCUT2D eigenvalue weighted by atomic mass is 16.5. The summed E-state index contributed by atoms with van der Waals surface area (Å²) in [4.78, 5) is 24.8. The summed E-state index contributed by atoms with van der Waals surface area (Å²) in [7, 11) is 0. The minimum Gasteiger partial charge on any atom is -0.494 e. The molecule has 0 bridgehead atoms. The van der Waals surface area contributed by atoms with Crippen LogP contribution in [-0.4, -0.2) is 18.4 Å². The maximum Gasteiger partial charge on any atom is 0.227 e. The zero-order chi connectivity index (χ0) is 18.5. The van der Waals surface area contributed by atoms with Crippen LogP contribution in [0.3, 0.4) is 0 Å². The van der Waals surface area contributed by atoms with Crippen molar-refractivity contribution in [2.24, 2.45) is 10.8 Å². The van der Waals surface area contributed by atoms with Crippen LogP contribution in [-0.2, 0) is 9.59 Å². The minimum atomic E-state index is -0.608. The second-order valence-electron chi connectivity index (χ2n) is 7.89. The topological polar surface area (TPSA) is 67.4 Å². The van der Waals surface area contributed by atoms with Crippen molar-refractivity contribution in [2.75, 3.05) is 6.61 Å². The maximum absolute atomic E-state index is 12.4. The number of rotatable bonds is 5. The average molecular weight is 334 g/mol. The number of carbonyl (C=O) groups excluding carboxylic acids is 2. The summed E-state index contributed by atoms with van der Waals surface area (Å²) >= 11 is 0. The van der Waals surface area contributed by atoms with Crippen molar-refractivity contribution in [3.05, 3.63) is 29.8 Å². The van der Waals surface area contributed by atoms with Gasteiger partial charge in [0, 0.05) is 10.8 Å². The molecular weight excluding hydrogens is 304 g/mol. The van der Waals surface area contributed by atoms with Crippen molar-refractivity contribution in [2.45, 2.75) is 54.6 Å². The largest absolute Gasteiger partial charge is 0.494 e. The molecule has 0 aliphatic carbocycles. The van der Waals surface area contributed by atoms with Gasteiger partial charge in [-0.2, -0.15) is 0 Å². The molecule has 5 nitrogen and oxygen atoms in total. The standard InChI is InChI=1S/C19H30N2O3/c1-8-24-14-11-9-10-13(12-14)15(20-16(22)18(2,3)4)21-17(23)19(5,6)7/h9-12,15H,8H2,1-7H3,(H,20,22)(H,21,23). The Hall–Kier alpha value is -2.04. The van der Waals surface area contributed by atoms with Gasteiger partial charge in [0.2, 0.25) is 11.8 Å². The van der Waals surface area contributed by atoms with Crippen LogP contribution in [0.5, 0.6) is 5.75 Å². The monoisotopic (exact) mass is 334 g/mol. The molecule has 0 aliphatic heterocycles. The minimum absolute atomic E-state index is 0.136. The number of hydrogen-bond acceptors (Lipinski definition) is 3. The van der Waals surface area contributed by atoms with Gasteiger partial charge in [0.25, 0.3) is 0 Å². The van der Waals surface area contributed by atoms with Crippen LogP contribution in [0.4, 0.5) is 0 Å². The van der Waals surface area contributed by atoms with Crippen molar-refractivity contribution >= 4 is 11.8 Å². The van der Waals surface area contributed by atoms with E-state index >= 15 is 0 Å². The van der Waals surface area contributed by atoms with Gasteiger partial charge in [0.15, 0.2) is 0 Å². The molecule has 0 fully saturated rings. The lowest BCUT2D eigenvalue weighted by molar-refractivity contribution is -0.132. The predicted molar refractivity (Wildman–Crippen MR) is 95.5 cm³/mol. The molecule has 0 radical (unpaired) electrons. The normalized spacial score (nSPS) is 12.0. The zero-order valence-corrected chi connectivity index (χ0v) is 15.8. The Bertz CT molecular complexity index is 555. The second-order valence-corrected chi connectivity index (χ2v) is 7.89. The highest BCUT2D eigenvalue weighted by Gasteiger charge is 2.29. The maximum atomic E-state index is 12.4. The molecule has 0 unspecified atom stereocenters. The Kier molecular flexibility index (Phi) is 6.41. The van der Waals surface area contributed by atoms with Crippen LogP contribution in [0.2, 0.25) is 0 Å². The van der Waals surface area contributed by atoms with Crippen LogP contribution in [0.15, 0.2) is 24.3 Å². The van der Waals surface area contributed by atoms with E-state index in [4.69, 9.17) is 4.74 Å². The van der Waals surface area contributed by atoms with Gasteiger partial charge < -0.3 is 15.4 Å². The van der Waals surface area contributed by atoms with E-state index in [1.807, 2.05) is 72.7 Å². The Balaban J connectivity index is 3.10. The van der Waals surface area contributed by atoms with Crippen molar-refractivity contribution < 1.29 is 14.3 Å². The van der Waals surface area contributed by atoms with Crippen LogP contribution in [0, 0.1) is 10.8 Å². The molecule has 5 heteroatoms. The molecule has 24 heavy (non-hydrogen) atoms. The van der Waals surface area contributed by atoms with Crippen LogP contribution in [0.25, 0.3) is 0 Å². The third-order valence-electron chi connectivity index (χ3n) is 3.42. The van der Waals surface area contributed by atoms with Crippen molar-refractivity contribution in [3.63, 3.8) is 0 Å². The fraction of sp³-hybridized carbons (Fsp3) is 0.579. The quantitative estimate of drug-likeness (QED) is 0.811. The SMILES string of the molecule is CCOc1cccc(C(NC(=O)C(C)(C)C)NC(=O)C(C)(C)C)c1. The van der Waals surface area contributed by atoms with E-state index in [0.29, 0.717) is 12.4 Å². The fourth-order valence-electron chi connectivity index (χ4n) is 1.85. The first-order valence-corrected chi connectivity index (χ1v) is 8.30. The highest BCUT2D eigenvalue weighted by molar-refractivity contribution is 5.84. The molecule has 0 aliphatic rings. The molecule has 134 valence electrons. The fourth-order valence-corrected chi connectivity index (χ4v) is 1.85. The lowest BCUT2D eigenvalue weighted by Gasteiger charge is -2.28. The molecule has 0 aromatic heterocycles. The van der Waals surface area contributed by atoms with Gasteiger partial charge in [0.1, 0.15) is 11.9 Å². The van der Waals surface area contributed by atoms with Gasteiger partial charge in [-0.05, 0) is 24.6 Å². The summed E-state index contributed by atoms with van der Waals surface area (Å²) in [5, 5.41) is 5.84. The Morgan fingerprint density at radius 2 is 1.50 bits per heavy atom. The Morgan fingerprint density at radius 1 is 1.00 bits per heavy atom. The molecule has 2 N–H and O–H groups in total. The summed E-state index contributed by atoms with van der Waals surface area (Å²) in [5.41, 5.74) is -0.332. The third kappa shape index (κ3) is 5.87. The van der Waals surface area contributed by atoms with E-state index < -0.39 is 17.0 Å². The summed E-state index contributed by atoms with van der Waals surface area (Å²) in [6, 6.07) is 7.39. The number of nitrogens with one attached hydrogen (secondary N) is 2. The lowest BCUT2D eigenvalue weighted by atomic mass is 9.94. The van der Waals surface area contributed by atoms with E-state index in [1.54, 1.807) is 0 Å². The third-order valence-corrected chi connectivity index (χ3v) is 3.42. The van der Waals surface area contributed by atoms with Gasteiger partial charge in [-0.3, -0.25) is 9.59 Å². The van der Waals surface area contributed by atoms with Gasteiger partial charge in [-0.15, -0.1) is 0 Å².